The van der Waals surface area contributed by atoms with Gasteiger partial charge in [0.15, 0.2) is 0 Å². The third kappa shape index (κ3) is 9.83. The van der Waals surface area contributed by atoms with Crippen LogP contribution in [0, 0.1) is 6.92 Å². The van der Waals surface area contributed by atoms with Crippen LogP contribution in [0.4, 0.5) is 0 Å². The average molecular weight is 415 g/mol. The minimum absolute atomic E-state index is 0.978. The van der Waals surface area contributed by atoms with E-state index >= 15 is 0 Å². The third-order valence-corrected chi connectivity index (χ3v) is 5.44. The Labute approximate surface area is 192 Å². The van der Waals surface area contributed by atoms with Crippen molar-refractivity contribution in [3.05, 3.63) is 113 Å². The van der Waals surface area contributed by atoms with E-state index < -0.39 is 0 Å². The minimum atomic E-state index is 0.978. The molecule has 0 atom stereocenters. The lowest BCUT2D eigenvalue weighted by Crippen LogP contribution is -1.94. The first kappa shape index (κ1) is 26.4. The van der Waals surface area contributed by atoms with Gasteiger partial charge in [-0.3, -0.25) is 0 Å². The summed E-state index contributed by atoms with van der Waals surface area (Å²) in [5.41, 5.74) is 9.24. The first-order chi connectivity index (χ1) is 15.0. The Morgan fingerprint density at radius 1 is 0.903 bits per heavy atom. The zero-order valence-electron chi connectivity index (χ0n) is 20.5. The highest BCUT2D eigenvalue weighted by atomic mass is 14.1. The van der Waals surface area contributed by atoms with Gasteiger partial charge in [0.25, 0.3) is 0 Å². The van der Waals surface area contributed by atoms with Crippen molar-refractivity contribution < 1.29 is 0 Å². The van der Waals surface area contributed by atoms with E-state index in [1.807, 2.05) is 26.0 Å². The number of rotatable bonds is 11. The van der Waals surface area contributed by atoms with E-state index in [1.54, 1.807) is 0 Å². The average Bonchev–Trinajstić information content (AvgIpc) is 2.79. The van der Waals surface area contributed by atoms with Crippen LogP contribution in [-0.2, 0) is 6.42 Å². The first-order valence-electron chi connectivity index (χ1n) is 11.8. The van der Waals surface area contributed by atoms with Crippen LogP contribution in [0.2, 0.25) is 0 Å². The highest BCUT2D eigenvalue weighted by Gasteiger charge is 2.06. The van der Waals surface area contributed by atoms with Gasteiger partial charge in [-0.2, -0.15) is 0 Å². The highest BCUT2D eigenvalue weighted by Crippen LogP contribution is 2.25. The van der Waals surface area contributed by atoms with Crippen LogP contribution >= 0.6 is 0 Å². The van der Waals surface area contributed by atoms with Crippen LogP contribution in [0.3, 0.4) is 0 Å². The summed E-state index contributed by atoms with van der Waals surface area (Å²) in [5.74, 6) is 0. The number of allylic oxidation sites excluding steroid dienone is 5. The quantitative estimate of drug-likeness (QED) is 0.321. The van der Waals surface area contributed by atoms with Crippen molar-refractivity contribution in [2.75, 3.05) is 0 Å². The van der Waals surface area contributed by atoms with Crippen molar-refractivity contribution in [3.63, 3.8) is 0 Å². The number of hydrogen-bond acceptors (Lipinski definition) is 0. The van der Waals surface area contributed by atoms with Crippen LogP contribution < -0.4 is 0 Å². The van der Waals surface area contributed by atoms with Crippen LogP contribution in [-0.4, -0.2) is 0 Å². The van der Waals surface area contributed by atoms with Crippen LogP contribution in [0.1, 0.15) is 82.1 Å². The van der Waals surface area contributed by atoms with Gasteiger partial charge >= 0.3 is 0 Å². The summed E-state index contributed by atoms with van der Waals surface area (Å²) in [4.78, 5) is 0. The van der Waals surface area contributed by atoms with E-state index in [2.05, 4.69) is 88.5 Å². The molecule has 0 unspecified atom stereocenters. The van der Waals surface area contributed by atoms with Gasteiger partial charge in [0.05, 0.1) is 0 Å². The molecule has 0 aliphatic carbocycles. The molecule has 0 saturated heterocycles. The van der Waals surface area contributed by atoms with Crippen molar-refractivity contribution >= 4 is 5.57 Å². The molecule has 2 aromatic rings. The van der Waals surface area contributed by atoms with Crippen molar-refractivity contribution in [3.8, 4) is 0 Å². The molecule has 31 heavy (non-hydrogen) atoms. The Morgan fingerprint density at radius 3 is 2.23 bits per heavy atom. The smallest absolute Gasteiger partial charge is 0.0154 e. The second-order valence-electron chi connectivity index (χ2n) is 8.01. The molecule has 0 N–H and O–H groups in total. The van der Waals surface area contributed by atoms with Crippen molar-refractivity contribution in [1.82, 2.24) is 0 Å². The Morgan fingerprint density at radius 2 is 1.58 bits per heavy atom. The van der Waals surface area contributed by atoms with E-state index in [4.69, 9.17) is 0 Å². The third-order valence-electron chi connectivity index (χ3n) is 5.44. The topological polar surface area (TPSA) is 0 Å². The molecule has 0 aliphatic heterocycles. The number of benzene rings is 2. The molecule has 0 radical (unpaired) electrons. The predicted molar refractivity (Wildman–Crippen MR) is 142 cm³/mol. The molecule has 166 valence electrons. The van der Waals surface area contributed by atoms with E-state index in [1.165, 1.54) is 46.2 Å². The first-order valence-corrected chi connectivity index (χ1v) is 11.8. The molecule has 2 aromatic carbocycles. The molecule has 0 aromatic heterocycles. The summed E-state index contributed by atoms with van der Waals surface area (Å²) in [6, 6.07) is 17.3. The Balaban J connectivity index is 0.00000233. The zero-order chi connectivity index (χ0) is 23.1. The van der Waals surface area contributed by atoms with Gasteiger partial charge < -0.3 is 0 Å². The standard InChI is InChI=1S/C29H36.C2H6/c1-6-7-13-23(2)14-11-15-24(3)16-12-17-27-20-21-29(25(4)22-27)26(5)28-18-9-8-10-19-28;1-2/h6,8-10,13,15,18-22H,1,5,7,11-12,14,16-17H2,2-4H3;1-2H3/b23-13+,24-15+;. The van der Waals surface area contributed by atoms with Gasteiger partial charge in [-0.25, -0.2) is 0 Å². The SMILES string of the molecule is C=CC/C=C(\C)CC/C=C(\C)CCCc1ccc(C(=C)c2ccccc2)c(C)c1.CC. The zero-order valence-corrected chi connectivity index (χ0v) is 20.5. The molecule has 0 nitrogen and oxygen atoms in total. The van der Waals surface area contributed by atoms with Crippen LogP contribution in [0.5, 0.6) is 0 Å². The molecule has 0 amide bonds. The lowest BCUT2D eigenvalue weighted by Gasteiger charge is -2.12. The fourth-order valence-electron chi connectivity index (χ4n) is 3.62. The predicted octanol–water partition coefficient (Wildman–Crippen LogP) is 9.65. The Bertz CT molecular complexity index is 862. The molecule has 0 fully saturated rings. The number of aryl methyl sites for hydroxylation is 2. The van der Waals surface area contributed by atoms with E-state index in [0.717, 1.165) is 31.3 Å². The molecule has 2 rings (SSSR count). The summed E-state index contributed by atoms with van der Waals surface area (Å²) in [7, 11) is 0. The maximum absolute atomic E-state index is 4.31. The Hall–Kier alpha value is -2.60. The lowest BCUT2D eigenvalue weighted by atomic mass is 9.93. The largest absolute Gasteiger partial charge is 0.103 e. The molecule has 0 spiro atoms. The van der Waals surface area contributed by atoms with Crippen LogP contribution in [0.25, 0.3) is 5.57 Å². The molecule has 0 heteroatoms. The molecule has 0 bridgehead atoms. The second kappa shape index (κ2) is 15.2. The van der Waals surface area contributed by atoms with E-state index in [-0.39, 0.29) is 0 Å². The monoisotopic (exact) mass is 414 g/mol. The van der Waals surface area contributed by atoms with Crippen molar-refractivity contribution in [2.24, 2.45) is 0 Å². The summed E-state index contributed by atoms with van der Waals surface area (Å²) in [6.45, 7) is 18.8. The summed E-state index contributed by atoms with van der Waals surface area (Å²) in [5, 5.41) is 0. The molecular formula is C31H42. The summed E-state index contributed by atoms with van der Waals surface area (Å²) < 4.78 is 0. The summed E-state index contributed by atoms with van der Waals surface area (Å²) in [6.07, 6.45) is 13.4. The van der Waals surface area contributed by atoms with Crippen molar-refractivity contribution in [1.29, 1.82) is 0 Å². The van der Waals surface area contributed by atoms with Gasteiger partial charge in [0, 0.05) is 0 Å². The highest BCUT2D eigenvalue weighted by molar-refractivity contribution is 5.79. The van der Waals surface area contributed by atoms with Crippen LogP contribution in [0.15, 0.2) is 91.1 Å². The normalized spacial score (nSPS) is 11.5. The minimum Gasteiger partial charge on any atom is -0.103 e. The molecular weight excluding hydrogens is 372 g/mol. The number of hydrogen-bond donors (Lipinski definition) is 0. The lowest BCUT2D eigenvalue weighted by molar-refractivity contribution is 0.803. The fraction of sp³-hybridized carbons (Fsp3) is 0.355. The maximum atomic E-state index is 4.31. The Kier molecular flexibility index (Phi) is 13.0. The van der Waals surface area contributed by atoms with Gasteiger partial charge in [0.1, 0.15) is 0 Å². The molecule has 0 saturated carbocycles. The molecule has 0 heterocycles. The molecule has 0 aliphatic rings. The second-order valence-corrected chi connectivity index (χ2v) is 8.01. The van der Waals surface area contributed by atoms with Crippen molar-refractivity contribution in [2.45, 2.75) is 73.1 Å². The van der Waals surface area contributed by atoms with E-state index in [9.17, 15) is 0 Å². The van der Waals surface area contributed by atoms with E-state index in [0.29, 0.717) is 0 Å². The van der Waals surface area contributed by atoms with Gasteiger partial charge in [-0.1, -0.05) is 98.3 Å². The summed E-state index contributed by atoms with van der Waals surface area (Å²) >= 11 is 0. The maximum Gasteiger partial charge on any atom is -0.0154 e. The van der Waals surface area contributed by atoms with Gasteiger partial charge in [-0.15, -0.1) is 6.58 Å². The van der Waals surface area contributed by atoms with Gasteiger partial charge in [-0.05, 0) is 87.1 Å². The van der Waals surface area contributed by atoms with Gasteiger partial charge in [0.2, 0.25) is 0 Å². The fourth-order valence-corrected chi connectivity index (χ4v) is 3.62.